The van der Waals surface area contributed by atoms with Crippen LogP contribution in [-0.4, -0.2) is 61.7 Å². The summed E-state index contributed by atoms with van der Waals surface area (Å²) in [4.78, 5) is 17.2. The van der Waals surface area contributed by atoms with Crippen LogP contribution in [0.4, 0.5) is 5.82 Å². The molecular weight excluding hydrogens is 462 g/mol. The van der Waals surface area contributed by atoms with Crippen LogP contribution in [0.1, 0.15) is 23.4 Å². The maximum Gasteiger partial charge on any atom is 0.223 e. The Labute approximate surface area is 209 Å². The molecular formula is C26H28ClN7O. The van der Waals surface area contributed by atoms with Crippen molar-refractivity contribution in [3.63, 3.8) is 0 Å². The molecule has 1 N–H and O–H groups in total. The molecule has 3 heterocycles. The second kappa shape index (κ2) is 10.8. The maximum absolute atomic E-state index is 12.9. The largest absolute Gasteiger partial charge is 0.364 e. The van der Waals surface area contributed by atoms with E-state index in [9.17, 15) is 4.79 Å². The Hall–Kier alpha value is -3.49. The number of nitrogens with zero attached hydrogens (tertiary/aromatic N) is 6. The van der Waals surface area contributed by atoms with E-state index in [-0.39, 0.29) is 5.91 Å². The van der Waals surface area contributed by atoms with Crippen molar-refractivity contribution < 1.29 is 4.79 Å². The summed E-state index contributed by atoms with van der Waals surface area (Å²) in [6.07, 6.45) is 0.879. The lowest BCUT2D eigenvalue weighted by Crippen LogP contribution is -2.48. The van der Waals surface area contributed by atoms with E-state index in [2.05, 4.69) is 49.8 Å². The molecule has 0 radical (unpaired) electrons. The molecule has 8 nitrogen and oxygen atoms in total. The van der Waals surface area contributed by atoms with Crippen LogP contribution in [0.25, 0.3) is 5.65 Å². The number of amides is 1. The van der Waals surface area contributed by atoms with Crippen LogP contribution in [0.2, 0.25) is 5.02 Å². The Morgan fingerprint density at radius 1 is 0.914 bits per heavy atom. The molecule has 4 aromatic rings. The Morgan fingerprint density at radius 2 is 1.69 bits per heavy atom. The zero-order valence-electron chi connectivity index (χ0n) is 19.5. The zero-order chi connectivity index (χ0) is 24.0. The minimum Gasteiger partial charge on any atom is -0.364 e. The number of anilines is 1. The number of hydrogen-bond acceptors (Lipinski definition) is 6. The number of aryl methyl sites for hydroxylation is 1. The summed E-state index contributed by atoms with van der Waals surface area (Å²) < 4.78 is 1.71. The molecule has 0 bridgehead atoms. The summed E-state index contributed by atoms with van der Waals surface area (Å²) in [6, 6.07) is 21.9. The number of carbonyl (C=O) groups is 1. The monoisotopic (exact) mass is 489 g/mol. The van der Waals surface area contributed by atoms with Gasteiger partial charge in [-0.25, -0.2) is 0 Å². The van der Waals surface area contributed by atoms with Gasteiger partial charge in [-0.15, -0.1) is 15.3 Å². The fraction of sp³-hybridized carbons (Fsp3) is 0.308. The first kappa shape index (κ1) is 23.3. The molecule has 1 aliphatic heterocycles. The summed E-state index contributed by atoms with van der Waals surface area (Å²) in [5.41, 5.74) is 2.96. The number of piperazine rings is 1. The Bertz CT molecular complexity index is 1290. The van der Waals surface area contributed by atoms with E-state index in [1.54, 1.807) is 4.52 Å². The van der Waals surface area contributed by atoms with Crippen molar-refractivity contribution in [2.45, 2.75) is 25.9 Å². The van der Waals surface area contributed by atoms with Crippen molar-refractivity contribution in [1.29, 1.82) is 0 Å². The molecule has 0 spiro atoms. The van der Waals surface area contributed by atoms with Crippen LogP contribution in [0, 0.1) is 0 Å². The molecule has 0 saturated carbocycles. The van der Waals surface area contributed by atoms with Crippen molar-refractivity contribution >= 4 is 29.0 Å². The third kappa shape index (κ3) is 5.78. The molecule has 1 aliphatic rings. The quantitative estimate of drug-likeness (QED) is 0.407. The van der Waals surface area contributed by atoms with E-state index in [0.29, 0.717) is 41.7 Å². The van der Waals surface area contributed by atoms with Gasteiger partial charge in [0.2, 0.25) is 5.91 Å². The highest BCUT2D eigenvalue weighted by Gasteiger charge is 2.21. The van der Waals surface area contributed by atoms with E-state index in [0.717, 1.165) is 38.3 Å². The summed E-state index contributed by atoms with van der Waals surface area (Å²) in [6.45, 7) is 4.76. The average Bonchev–Trinajstić information content (AvgIpc) is 3.30. The van der Waals surface area contributed by atoms with Crippen molar-refractivity contribution in [2.24, 2.45) is 0 Å². The number of carbonyl (C=O) groups excluding carboxylic acids is 1. The van der Waals surface area contributed by atoms with E-state index < -0.39 is 0 Å². The summed E-state index contributed by atoms with van der Waals surface area (Å²) >= 11 is 6.25. The number of rotatable bonds is 8. The molecule has 5 rings (SSSR count). The lowest BCUT2D eigenvalue weighted by molar-refractivity contribution is -0.133. The fourth-order valence-corrected chi connectivity index (χ4v) is 4.49. The van der Waals surface area contributed by atoms with E-state index in [1.165, 1.54) is 5.56 Å². The normalized spacial score (nSPS) is 14.4. The molecule has 35 heavy (non-hydrogen) atoms. The Morgan fingerprint density at radius 3 is 2.49 bits per heavy atom. The predicted molar refractivity (Wildman–Crippen MR) is 136 cm³/mol. The Kier molecular flexibility index (Phi) is 7.20. The fourth-order valence-electron chi connectivity index (χ4n) is 4.28. The summed E-state index contributed by atoms with van der Waals surface area (Å²) in [5, 5.41) is 17.1. The van der Waals surface area contributed by atoms with Crippen LogP contribution in [0.5, 0.6) is 0 Å². The number of benzene rings is 2. The lowest BCUT2D eigenvalue weighted by Gasteiger charge is -2.34. The smallest absolute Gasteiger partial charge is 0.223 e. The first-order valence-corrected chi connectivity index (χ1v) is 12.3. The van der Waals surface area contributed by atoms with Gasteiger partial charge in [-0.3, -0.25) is 9.69 Å². The summed E-state index contributed by atoms with van der Waals surface area (Å²) in [5.74, 6) is 1.52. The number of fused-ring (bicyclic) bond motifs is 1. The lowest BCUT2D eigenvalue weighted by atomic mass is 10.2. The highest BCUT2D eigenvalue weighted by atomic mass is 35.5. The molecule has 0 unspecified atom stereocenters. The van der Waals surface area contributed by atoms with Crippen LogP contribution in [-0.2, 0) is 24.3 Å². The van der Waals surface area contributed by atoms with Gasteiger partial charge in [0.05, 0.1) is 0 Å². The van der Waals surface area contributed by atoms with Crippen molar-refractivity contribution in [2.75, 3.05) is 31.5 Å². The maximum atomic E-state index is 12.9. The van der Waals surface area contributed by atoms with Gasteiger partial charge in [-0.1, -0.05) is 60.1 Å². The zero-order valence-corrected chi connectivity index (χ0v) is 20.2. The summed E-state index contributed by atoms with van der Waals surface area (Å²) in [7, 11) is 0. The van der Waals surface area contributed by atoms with Gasteiger partial charge in [0, 0.05) is 57.1 Å². The highest BCUT2D eigenvalue weighted by Crippen LogP contribution is 2.17. The third-order valence-corrected chi connectivity index (χ3v) is 6.65. The molecule has 0 atom stereocenters. The van der Waals surface area contributed by atoms with Crippen molar-refractivity contribution in [1.82, 2.24) is 29.6 Å². The highest BCUT2D eigenvalue weighted by molar-refractivity contribution is 6.31. The van der Waals surface area contributed by atoms with Crippen LogP contribution in [0.3, 0.4) is 0 Å². The van der Waals surface area contributed by atoms with Crippen LogP contribution < -0.4 is 5.32 Å². The van der Waals surface area contributed by atoms with E-state index >= 15 is 0 Å². The minimum absolute atomic E-state index is 0.147. The molecule has 1 amide bonds. The number of halogens is 1. The van der Waals surface area contributed by atoms with Gasteiger partial charge in [-0.2, -0.15) is 4.52 Å². The predicted octanol–water partition coefficient (Wildman–Crippen LogP) is 3.67. The van der Waals surface area contributed by atoms with Gasteiger partial charge in [0.15, 0.2) is 11.5 Å². The van der Waals surface area contributed by atoms with Crippen LogP contribution >= 0.6 is 11.6 Å². The second-order valence-electron chi connectivity index (χ2n) is 8.69. The third-order valence-electron chi connectivity index (χ3n) is 6.28. The standard InChI is InChI=1S/C26H28ClN7O/c27-22-9-5-4-8-21(22)18-28-23-10-11-24-29-30-25(34(24)31-23)12-13-26(35)33-16-14-32(15-17-33)19-20-6-2-1-3-7-20/h1-11H,12-19H2,(H,28,31). The van der Waals surface area contributed by atoms with Gasteiger partial charge >= 0.3 is 0 Å². The van der Waals surface area contributed by atoms with E-state index in [1.807, 2.05) is 47.4 Å². The van der Waals surface area contributed by atoms with Crippen LogP contribution in [0.15, 0.2) is 66.7 Å². The van der Waals surface area contributed by atoms with Gasteiger partial charge < -0.3 is 10.2 Å². The minimum atomic E-state index is 0.147. The first-order valence-electron chi connectivity index (χ1n) is 11.9. The Balaban J connectivity index is 1.14. The van der Waals surface area contributed by atoms with Gasteiger partial charge in [0.25, 0.3) is 0 Å². The first-order chi connectivity index (χ1) is 17.2. The SMILES string of the molecule is O=C(CCc1nnc2ccc(NCc3ccccc3Cl)nn12)N1CCN(Cc2ccccc2)CC1. The molecule has 2 aromatic carbocycles. The van der Waals surface area contributed by atoms with E-state index in [4.69, 9.17) is 11.6 Å². The molecule has 0 aliphatic carbocycles. The molecule has 180 valence electrons. The molecule has 9 heteroatoms. The second-order valence-corrected chi connectivity index (χ2v) is 9.10. The number of hydrogen-bond donors (Lipinski definition) is 1. The average molecular weight is 490 g/mol. The molecule has 2 aromatic heterocycles. The van der Waals surface area contributed by atoms with Crippen molar-refractivity contribution in [3.8, 4) is 0 Å². The molecule has 1 saturated heterocycles. The topological polar surface area (TPSA) is 78.7 Å². The van der Waals surface area contributed by atoms with Crippen molar-refractivity contribution in [3.05, 3.63) is 88.7 Å². The number of aromatic nitrogens is 4. The molecule has 1 fully saturated rings. The van der Waals surface area contributed by atoms with Gasteiger partial charge in [0.1, 0.15) is 5.82 Å². The van der Waals surface area contributed by atoms with Gasteiger partial charge in [-0.05, 0) is 29.3 Å². The number of nitrogens with one attached hydrogen (secondary N) is 1.